The van der Waals surface area contributed by atoms with Crippen molar-refractivity contribution in [1.82, 2.24) is 0 Å². The molecule has 170 valence electrons. The minimum Gasteiger partial charge on any atom is -0.461 e. The second kappa shape index (κ2) is 10.1. The molecule has 0 aromatic heterocycles. The first-order chi connectivity index (χ1) is 14.0. The maximum Gasteiger partial charge on any atom is 0.309 e. The van der Waals surface area contributed by atoms with Crippen LogP contribution in [0.1, 0.15) is 80.1 Å². The van der Waals surface area contributed by atoms with Gasteiger partial charge < -0.3 is 14.6 Å². The van der Waals surface area contributed by atoms with E-state index in [0.717, 1.165) is 38.5 Å². The monoisotopic (exact) mass is 420 g/mol. The summed E-state index contributed by atoms with van der Waals surface area (Å²) in [6.07, 6.45) is 9.97. The van der Waals surface area contributed by atoms with Crippen LogP contribution in [0.25, 0.3) is 0 Å². The number of rotatable bonds is 8. The van der Waals surface area contributed by atoms with Crippen molar-refractivity contribution in [3.8, 4) is 0 Å². The molecule has 0 bridgehead atoms. The number of aliphatic hydroxyl groups excluding tert-OH is 1. The van der Waals surface area contributed by atoms with Gasteiger partial charge in [-0.25, -0.2) is 0 Å². The van der Waals surface area contributed by atoms with Gasteiger partial charge in [0.1, 0.15) is 6.61 Å². The van der Waals surface area contributed by atoms with E-state index >= 15 is 0 Å². The van der Waals surface area contributed by atoms with Gasteiger partial charge in [0.2, 0.25) is 0 Å². The molecule has 1 saturated carbocycles. The normalized spacial score (nSPS) is 31.8. The van der Waals surface area contributed by atoms with E-state index in [-0.39, 0.29) is 41.8 Å². The first kappa shape index (κ1) is 24.6. The summed E-state index contributed by atoms with van der Waals surface area (Å²) >= 11 is 0. The first-order valence-corrected chi connectivity index (χ1v) is 11.3. The van der Waals surface area contributed by atoms with Crippen molar-refractivity contribution >= 4 is 11.9 Å². The van der Waals surface area contributed by atoms with Gasteiger partial charge in [-0.05, 0) is 69.1 Å². The van der Waals surface area contributed by atoms with Crippen LogP contribution in [-0.4, -0.2) is 36.4 Å². The van der Waals surface area contributed by atoms with Gasteiger partial charge in [-0.2, -0.15) is 0 Å². The number of fused-ring (bicyclic) bond motifs is 1. The zero-order chi connectivity index (χ0) is 22.5. The van der Waals surface area contributed by atoms with Crippen molar-refractivity contribution in [2.24, 2.45) is 22.7 Å². The summed E-state index contributed by atoms with van der Waals surface area (Å²) in [5.41, 5.74) is 2.62. The maximum absolute atomic E-state index is 13.3. The van der Waals surface area contributed by atoms with Crippen molar-refractivity contribution in [2.75, 3.05) is 13.2 Å². The smallest absolute Gasteiger partial charge is 0.309 e. The zero-order valence-electron chi connectivity index (χ0n) is 19.6. The van der Waals surface area contributed by atoms with Gasteiger partial charge in [0, 0.05) is 6.92 Å². The Kier molecular flexibility index (Phi) is 8.32. The summed E-state index contributed by atoms with van der Waals surface area (Å²) in [4.78, 5) is 24.4. The second-order valence-electron chi connectivity index (χ2n) is 9.88. The highest BCUT2D eigenvalue weighted by atomic mass is 16.6. The van der Waals surface area contributed by atoms with Crippen LogP contribution in [0.3, 0.4) is 0 Å². The van der Waals surface area contributed by atoms with Crippen LogP contribution in [0, 0.1) is 22.7 Å². The molecule has 0 aromatic carbocycles. The first-order valence-electron chi connectivity index (χ1n) is 11.3. The van der Waals surface area contributed by atoms with Crippen LogP contribution in [0.5, 0.6) is 0 Å². The number of allylic oxidation sites excluding steroid dienone is 4. The minimum atomic E-state index is -0.810. The molecule has 0 radical (unpaired) electrons. The highest BCUT2D eigenvalue weighted by Crippen LogP contribution is 2.63. The Morgan fingerprint density at radius 3 is 2.57 bits per heavy atom. The van der Waals surface area contributed by atoms with Gasteiger partial charge in [-0.15, -0.1) is 0 Å². The number of hydrogen-bond donors (Lipinski definition) is 1. The SMILES string of the molecule is CC(=O)O[C@@H](CO)COC(=O)[C@H]1C(C)CC[C@]2(C)C(CCC=C(C)C)=CCC[C@]12C. The number of carbonyl (C=O) groups is 2. The van der Waals surface area contributed by atoms with Crippen molar-refractivity contribution in [1.29, 1.82) is 0 Å². The fourth-order valence-corrected chi connectivity index (χ4v) is 5.68. The van der Waals surface area contributed by atoms with Crippen molar-refractivity contribution in [2.45, 2.75) is 86.2 Å². The molecule has 0 amide bonds. The fourth-order valence-electron chi connectivity index (χ4n) is 5.68. The standard InChI is InChI=1S/C25H40O5/c1-17(2)9-7-10-20-11-8-13-25(6)22(18(3)12-14-24(20,25)5)23(28)29-16-21(15-26)30-19(4)27/h9,11,18,21-22,26H,7-8,10,12-16H2,1-6H3/t18?,21-,22+,24+,25+/m0/s1. The lowest BCUT2D eigenvalue weighted by Gasteiger charge is -2.59. The molecular weight excluding hydrogens is 380 g/mol. The molecule has 0 aromatic rings. The third kappa shape index (κ3) is 5.16. The van der Waals surface area contributed by atoms with Crippen LogP contribution >= 0.6 is 0 Å². The predicted molar refractivity (Wildman–Crippen MR) is 118 cm³/mol. The van der Waals surface area contributed by atoms with E-state index in [2.05, 4.69) is 46.8 Å². The maximum atomic E-state index is 13.3. The zero-order valence-corrected chi connectivity index (χ0v) is 19.6. The van der Waals surface area contributed by atoms with Gasteiger partial charge in [0.05, 0.1) is 12.5 Å². The van der Waals surface area contributed by atoms with Crippen molar-refractivity contribution in [3.05, 3.63) is 23.3 Å². The molecule has 2 aliphatic rings. The molecule has 0 spiro atoms. The quantitative estimate of drug-likeness (QED) is 0.443. The Hall–Kier alpha value is -1.62. The van der Waals surface area contributed by atoms with Crippen molar-refractivity contribution < 1.29 is 24.2 Å². The van der Waals surface area contributed by atoms with Crippen LogP contribution < -0.4 is 0 Å². The van der Waals surface area contributed by atoms with Crippen LogP contribution in [0.4, 0.5) is 0 Å². The van der Waals surface area contributed by atoms with E-state index in [0.29, 0.717) is 0 Å². The van der Waals surface area contributed by atoms with Crippen LogP contribution in [-0.2, 0) is 19.1 Å². The molecule has 5 atom stereocenters. The number of carbonyl (C=O) groups excluding carboxylic acids is 2. The van der Waals surface area contributed by atoms with Gasteiger partial charge in [0.25, 0.3) is 0 Å². The number of esters is 2. The average Bonchev–Trinajstić information content (AvgIpc) is 2.66. The molecule has 0 heterocycles. The predicted octanol–water partition coefficient (Wildman–Crippen LogP) is 4.98. The lowest BCUT2D eigenvalue weighted by molar-refractivity contribution is -0.174. The van der Waals surface area contributed by atoms with E-state index in [1.807, 2.05) is 0 Å². The molecule has 5 heteroatoms. The highest BCUT2D eigenvalue weighted by Gasteiger charge is 2.58. The second-order valence-corrected chi connectivity index (χ2v) is 9.88. The number of hydrogen-bond acceptors (Lipinski definition) is 5. The molecule has 5 nitrogen and oxygen atoms in total. The minimum absolute atomic E-state index is 0.0246. The Morgan fingerprint density at radius 1 is 1.27 bits per heavy atom. The Labute approximate surface area is 181 Å². The Balaban J connectivity index is 2.20. The molecule has 1 fully saturated rings. The molecule has 0 aliphatic heterocycles. The lowest BCUT2D eigenvalue weighted by Crippen LogP contribution is -2.55. The third-order valence-electron chi connectivity index (χ3n) is 7.55. The van der Waals surface area contributed by atoms with E-state index in [1.165, 1.54) is 18.1 Å². The summed E-state index contributed by atoms with van der Waals surface area (Å²) in [6.45, 7) is 11.8. The summed E-state index contributed by atoms with van der Waals surface area (Å²) in [7, 11) is 0. The van der Waals surface area contributed by atoms with Gasteiger partial charge in [-0.3, -0.25) is 9.59 Å². The summed E-state index contributed by atoms with van der Waals surface area (Å²) in [6, 6.07) is 0. The number of aliphatic hydroxyl groups is 1. The van der Waals surface area contributed by atoms with Gasteiger partial charge in [0.15, 0.2) is 6.10 Å². The highest BCUT2D eigenvalue weighted by molar-refractivity contribution is 5.74. The van der Waals surface area contributed by atoms with E-state index in [4.69, 9.17) is 9.47 Å². The topological polar surface area (TPSA) is 72.8 Å². The molecule has 1 N–H and O–H groups in total. The van der Waals surface area contributed by atoms with Crippen LogP contribution in [0.15, 0.2) is 23.3 Å². The lowest BCUT2D eigenvalue weighted by atomic mass is 9.45. The summed E-state index contributed by atoms with van der Waals surface area (Å²) in [5.74, 6) is -0.699. The van der Waals surface area contributed by atoms with E-state index in [1.54, 1.807) is 0 Å². The summed E-state index contributed by atoms with van der Waals surface area (Å²) < 4.78 is 10.6. The molecule has 2 aliphatic carbocycles. The van der Waals surface area contributed by atoms with Crippen molar-refractivity contribution in [3.63, 3.8) is 0 Å². The Morgan fingerprint density at radius 2 is 1.97 bits per heavy atom. The van der Waals surface area contributed by atoms with E-state index in [9.17, 15) is 14.7 Å². The van der Waals surface area contributed by atoms with Crippen LogP contribution in [0.2, 0.25) is 0 Å². The van der Waals surface area contributed by atoms with Gasteiger partial charge in [-0.1, -0.05) is 44.1 Å². The molecule has 30 heavy (non-hydrogen) atoms. The molecular formula is C25H40O5. The average molecular weight is 421 g/mol. The summed E-state index contributed by atoms with van der Waals surface area (Å²) in [5, 5.41) is 9.40. The molecule has 0 saturated heterocycles. The van der Waals surface area contributed by atoms with Gasteiger partial charge >= 0.3 is 11.9 Å². The number of ether oxygens (including phenoxy) is 2. The van der Waals surface area contributed by atoms with E-state index < -0.39 is 12.1 Å². The largest absolute Gasteiger partial charge is 0.461 e. The molecule has 2 rings (SSSR count). The Bertz CT molecular complexity index is 690. The third-order valence-corrected chi connectivity index (χ3v) is 7.55. The molecule has 1 unspecified atom stereocenters. The fraction of sp³-hybridized carbons (Fsp3) is 0.760.